The minimum atomic E-state index is -0.889. The third-order valence-corrected chi connectivity index (χ3v) is 4.09. The maximum atomic E-state index is 12.7. The Balaban J connectivity index is 1.89. The van der Waals surface area contributed by atoms with Gasteiger partial charge < -0.3 is 14.8 Å². The number of carboxylic acids is 1. The second kappa shape index (κ2) is 7.90. The highest BCUT2D eigenvalue weighted by Gasteiger charge is 2.21. The Morgan fingerprint density at radius 3 is 2.59 bits per heavy atom. The second-order valence-corrected chi connectivity index (χ2v) is 6.49. The van der Waals surface area contributed by atoms with Gasteiger partial charge in [0, 0.05) is 19.2 Å². The molecule has 1 aromatic carbocycles. The number of carbonyl (C=O) groups excluding carboxylic acids is 1. The zero-order valence-electron chi connectivity index (χ0n) is 15.2. The van der Waals surface area contributed by atoms with Crippen molar-refractivity contribution < 1.29 is 19.1 Å². The first-order chi connectivity index (χ1) is 12.9. The van der Waals surface area contributed by atoms with Crippen molar-refractivity contribution in [1.82, 2.24) is 15.1 Å². The van der Waals surface area contributed by atoms with Crippen molar-refractivity contribution in [3.05, 3.63) is 60.0 Å². The Hall–Kier alpha value is -3.35. The number of benzene rings is 1. The molecule has 0 aliphatic carbocycles. The monoisotopic (exact) mass is 367 g/mol. The van der Waals surface area contributed by atoms with E-state index in [9.17, 15) is 9.59 Å². The Labute approximate surface area is 156 Å². The number of rotatable bonds is 7. The molecule has 0 saturated carbocycles. The zero-order valence-corrected chi connectivity index (χ0v) is 15.2. The molecule has 1 amide bonds. The lowest BCUT2D eigenvalue weighted by atomic mass is 10.1. The van der Waals surface area contributed by atoms with E-state index >= 15 is 0 Å². The predicted molar refractivity (Wildman–Crippen MR) is 99.8 cm³/mol. The summed E-state index contributed by atoms with van der Waals surface area (Å²) >= 11 is 0. The lowest BCUT2D eigenvalue weighted by molar-refractivity contribution is -0.137. The average molecular weight is 367 g/mol. The fourth-order valence-electron chi connectivity index (χ4n) is 2.73. The van der Waals surface area contributed by atoms with Crippen molar-refractivity contribution in [2.24, 2.45) is 5.92 Å². The van der Waals surface area contributed by atoms with Crippen LogP contribution in [-0.2, 0) is 4.79 Å². The first-order valence-electron chi connectivity index (χ1n) is 8.66. The fourth-order valence-corrected chi connectivity index (χ4v) is 2.73. The van der Waals surface area contributed by atoms with Crippen LogP contribution in [0.3, 0.4) is 0 Å². The Morgan fingerprint density at radius 2 is 1.96 bits per heavy atom. The van der Waals surface area contributed by atoms with Crippen molar-refractivity contribution in [3.63, 3.8) is 0 Å². The highest BCUT2D eigenvalue weighted by Crippen LogP contribution is 2.25. The van der Waals surface area contributed by atoms with Crippen LogP contribution in [-0.4, -0.2) is 33.3 Å². The molecule has 2 heterocycles. The molecule has 0 aliphatic rings. The highest BCUT2D eigenvalue weighted by molar-refractivity contribution is 5.99. The van der Waals surface area contributed by atoms with Gasteiger partial charge in [0.25, 0.3) is 5.91 Å². The van der Waals surface area contributed by atoms with E-state index in [1.807, 2.05) is 43.3 Å². The summed E-state index contributed by atoms with van der Waals surface area (Å²) in [5.74, 6) is -0.157. The predicted octanol–water partition coefficient (Wildman–Crippen LogP) is 3.28. The van der Waals surface area contributed by atoms with Crippen LogP contribution >= 0.6 is 0 Å². The molecule has 0 fully saturated rings. The minimum Gasteiger partial charge on any atom is -0.481 e. The third kappa shape index (κ3) is 4.44. The van der Waals surface area contributed by atoms with E-state index in [-0.39, 0.29) is 24.8 Å². The molecule has 0 spiro atoms. The quantitative estimate of drug-likeness (QED) is 0.668. The molecule has 2 N–H and O–H groups in total. The Morgan fingerprint density at radius 1 is 1.22 bits per heavy atom. The molecular formula is C20H21N3O4. The Kier molecular flexibility index (Phi) is 5.40. The van der Waals surface area contributed by atoms with Crippen LogP contribution in [0.25, 0.3) is 17.1 Å². The van der Waals surface area contributed by atoms with Crippen molar-refractivity contribution in [3.8, 4) is 17.1 Å². The number of nitrogens with one attached hydrogen (secondary N) is 1. The smallest absolute Gasteiger partial charge is 0.303 e. The number of aromatic nitrogens is 2. The number of amides is 1. The van der Waals surface area contributed by atoms with Gasteiger partial charge in [0.1, 0.15) is 11.5 Å². The third-order valence-electron chi connectivity index (χ3n) is 4.09. The van der Waals surface area contributed by atoms with Gasteiger partial charge in [0.2, 0.25) is 0 Å². The highest BCUT2D eigenvalue weighted by atomic mass is 16.4. The number of hydrogen-bond acceptors (Lipinski definition) is 4. The molecule has 1 unspecified atom stereocenters. The molecule has 27 heavy (non-hydrogen) atoms. The molecule has 1 atom stereocenters. The van der Waals surface area contributed by atoms with Crippen LogP contribution < -0.4 is 5.32 Å². The van der Waals surface area contributed by atoms with E-state index in [0.29, 0.717) is 17.0 Å². The number of nitrogens with zero attached hydrogens (tertiary/aromatic N) is 2. The summed E-state index contributed by atoms with van der Waals surface area (Å²) in [6.45, 7) is 3.86. The van der Waals surface area contributed by atoms with Crippen molar-refractivity contribution in [2.75, 3.05) is 6.54 Å². The number of furan rings is 1. The van der Waals surface area contributed by atoms with Gasteiger partial charge in [0.05, 0.1) is 11.3 Å². The van der Waals surface area contributed by atoms with E-state index in [1.54, 1.807) is 23.9 Å². The lowest BCUT2D eigenvalue weighted by Gasteiger charge is -2.10. The normalized spacial score (nSPS) is 11.9. The molecule has 0 radical (unpaired) electrons. The molecule has 7 nitrogen and oxygen atoms in total. The van der Waals surface area contributed by atoms with E-state index in [2.05, 4.69) is 10.4 Å². The number of hydrogen-bond donors (Lipinski definition) is 2. The first-order valence-corrected chi connectivity index (χ1v) is 8.66. The van der Waals surface area contributed by atoms with Crippen LogP contribution in [0, 0.1) is 12.8 Å². The van der Waals surface area contributed by atoms with Gasteiger partial charge in [-0.15, -0.1) is 0 Å². The maximum absolute atomic E-state index is 12.7. The van der Waals surface area contributed by atoms with Gasteiger partial charge in [-0.25, -0.2) is 4.68 Å². The van der Waals surface area contributed by atoms with Gasteiger partial charge in [-0.05, 0) is 37.1 Å². The van der Waals surface area contributed by atoms with Crippen LogP contribution in [0.1, 0.15) is 29.5 Å². The second-order valence-electron chi connectivity index (χ2n) is 6.49. The van der Waals surface area contributed by atoms with Crippen molar-refractivity contribution in [2.45, 2.75) is 20.3 Å². The number of carboxylic acid groups (broad SMARTS) is 1. The summed E-state index contributed by atoms with van der Waals surface area (Å²) < 4.78 is 7.28. The summed E-state index contributed by atoms with van der Waals surface area (Å²) in [4.78, 5) is 23.5. The minimum absolute atomic E-state index is 0.00616. The number of aliphatic carboxylic acids is 1. The standard InChI is InChI=1S/C20H21N3O4/c1-13(10-18(24)25)11-21-20(26)16-12-23(15-6-4-3-5-7-15)22-19(16)17-9-8-14(2)27-17/h3-9,12-13H,10-11H2,1-2H3,(H,21,26)(H,24,25). The van der Waals surface area contributed by atoms with Gasteiger partial charge in [-0.3, -0.25) is 9.59 Å². The van der Waals surface area contributed by atoms with Gasteiger partial charge in [-0.2, -0.15) is 5.10 Å². The Bertz CT molecular complexity index is 943. The number of carbonyl (C=O) groups is 2. The van der Waals surface area contributed by atoms with Gasteiger partial charge in [-0.1, -0.05) is 25.1 Å². The largest absolute Gasteiger partial charge is 0.481 e. The summed E-state index contributed by atoms with van der Waals surface area (Å²) in [5.41, 5.74) is 1.63. The fraction of sp³-hybridized carbons (Fsp3) is 0.250. The van der Waals surface area contributed by atoms with E-state index in [1.165, 1.54) is 0 Å². The molecule has 3 rings (SSSR count). The summed E-state index contributed by atoms with van der Waals surface area (Å²) in [6, 6.07) is 13.1. The average Bonchev–Trinajstić information content (AvgIpc) is 3.26. The number of aryl methyl sites for hydroxylation is 1. The molecule has 7 heteroatoms. The van der Waals surface area contributed by atoms with E-state index < -0.39 is 5.97 Å². The lowest BCUT2D eigenvalue weighted by Crippen LogP contribution is -2.29. The van der Waals surface area contributed by atoms with Crippen LogP contribution in [0.15, 0.2) is 53.1 Å². The summed E-state index contributed by atoms with van der Waals surface area (Å²) in [5, 5.41) is 16.2. The molecular weight excluding hydrogens is 346 g/mol. The first kappa shape index (κ1) is 18.4. The van der Waals surface area contributed by atoms with E-state index in [0.717, 1.165) is 11.4 Å². The van der Waals surface area contributed by atoms with E-state index in [4.69, 9.17) is 9.52 Å². The molecule has 140 valence electrons. The summed E-state index contributed by atoms with van der Waals surface area (Å²) in [6.07, 6.45) is 1.65. The van der Waals surface area contributed by atoms with Crippen molar-refractivity contribution >= 4 is 11.9 Å². The molecule has 2 aromatic heterocycles. The van der Waals surface area contributed by atoms with Crippen LogP contribution in [0.2, 0.25) is 0 Å². The number of para-hydroxylation sites is 1. The molecule has 3 aromatic rings. The molecule has 0 aliphatic heterocycles. The maximum Gasteiger partial charge on any atom is 0.303 e. The van der Waals surface area contributed by atoms with Crippen LogP contribution in [0.4, 0.5) is 0 Å². The SMILES string of the molecule is Cc1ccc(-c2nn(-c3ccccc3)cc2C(=O)NCC(C)CC(=O)O)o1. The molecule has 0 bridgehead atoms. The van der Waals surface area contributed by atoms with Gasteiger partial charge in [0.15, 0.2) is 5.76 Å². The molecule has 0 saturated heterocycles. The zero-order chi connectivity index (χ0) is 19.4. The van der Waals surface area contributed by atoms with Gasteiger partial charge >= 0.3 is 5.97 Å². The topological polar surface area (TPSA) is 97.4 Å². The summed E-state index contributed by atoms with van der Waals surface area (Å²) in [7, 11) is 0. The van der Waals surface area contributed by atoms with Crippen molar-refractivity contribution in [1.29, 1.82) is 0 Å². The van der Waals surface area contributed by atoms with Crippen LogP contribution in [0.5, 0.6) is 0 Å².